The van der Waals surface area contributed by atoms with Gasteiger partial charge in [-0.1, -0.05) is 17.7 Å². The number of hydrogen-bond acceptors (Lipinski definition) is 6. The molecule has 0 saturated carbocycles. The lowest BCUT2D eigenvalue weighted by Gasteiger charge is -2.17. The van der Waals surface area contributed by atoms with Crippen molar-refractivity contribution in [2.24, 2.45) is 0 Å². The van der Waals surface area contributed by atoms with E-state index in [-0.39, 0.29) is 17.2 Å². The lowest BCUT2D eigenvalue weighted by Crippen LogP contribution is -2.43. The zero-order valence-electron chi connectivity index (χ0n) is 16.1. The van der Waals surface area contributed by atoms with Gasteiger partial charge >= 0.3 is 11.8 Å². The molecule has 2 N–H and O–H groups in total. The van der Waals surface area contributed by atoms with E-state index in [1.54, 1.807) is 18.2 Å². The van der Waals surface area contributed by atoms with Gasteiger partial charge in [0.15, 0.2) is 9.84 Å². The summed E-state index contributed by atoms with van der Waals surface area (Å²) >= 11 is 0. The number of furan rings is 1. The molecule has 0 fully saturated rings. The Morgan fingerprint density at radius 1 is 1.07 bits per heavy atom. The lowest BCUT2D eigenvalue weighted by atomic mass is 10.2. The maximum absolute atomic E-state index is 13.1. The minimum Gasteiger partial charge on any atom is -0.468 e. The highest BCUT2D eigenvalue weighted by atomic mass is 32.2. The molecule has 1 aromatic carbocycles. The third-order valence-electron chi connectivity index (χ3n) is 4.08. The second-order valence-corrected chi connectivity index (χ2v) is 8.76. The molecule has 9 heteroatoms. The van der Waals surface area contributed by atoms with E-state index in [0.29, 0.717) is 13.1 Å². The molecule has 0 radical (unpaired) electrons. The van der Waals surface area contributed by atoms with Gasteiger partial charge in [-0.15, -0.1) is 0 Å². The van der Waals surface area contributed by atoms with Gasteiger partial charge in [-0.25, -0.2) is 8.42 Å². The average Bonchev–Trinajstić information content (AvgIpc) is 3.15. The van der Waals surface area contributed by atoms with Crippen LogP contribution >= 0.6 is 0 Å². The van der Waals surface area contributed by atoms with Crippen LogP contribution in [0, 0.1) is 6.92 Å². The van der Waals surface area contributed by atoms with E-state index in [1.165, 1.54) is 24.5 Å². The van der Waals surface area contributed by atoms with Gasteiger partial charge in [-0.2, -0.15) is 0 Å². The maximum Gasteiger partial charge on any atom is 0.309 e. The molecule has 1 heterocycles. The van der Waals surface area contributed by atoms with E-state index in [9.17, 15) is 18.0 Å². The summed E-state index contributed by atoms with van der Waals surface area (Å²) in [5, 5.41) is 3.73. The number of carbonyl (C=O) groups is 2. The molecular weight excluding hydrogens is 382 g/mol. The number of likely N-dealkylation sites (N-methyl/N-ethyl adjacent to an activating group) is 1. The molecule has 0 aliphatic heterocycles. The van der Waals surface area contributed by atoms with Crippen LogP contribution in [0.15, 0.2) is 52.0 Å². The van der Waals surface area contributed by atoms with Crippen LogP contribution in [-0.4, -0.2) is 58.9 Å². The molecule has 0 bridgehead atoms. The largest absolute Gasteiger partial charge is 0.468 e. The van der Waals surface area contributed by atoms with E-state index >= 15 is 0 Å². The highest BCUT2D eigenvalue weighted by Gasteiger charge is 2.32. The Labute approximate surface area is 164 Å². The molecule has 28 heavy (non-hydrogen) atoms. The number of sulfone groups is 1. The number of nitrogens with one attached hydrogen (secondary N) is 2. The highest BCUT2D eigenvalue weighted by molar-refractivity contribution is 7.91. The first-order chi connectivity index (χ1) is 13.2. The predicted molar refractivity (Wildman–Crippen MR) is 104 cm³/mol. The van der Waals surface area contributed by atoms with Crippen LogP contribution in [0.1, 0.15) is 16.6 Å². The van der Waals surface area contributed by atoms with Gasteiger partial charge in [0.2, 0.25) is 0 Å². The molecule has 2 amide bonds. The Morgan fingerprint density at radius 2 is 1.71 bits per heavy atom. The Hall–Kier alpha value is -2.65. The summed E-state index contributed by atoms with van der Waals surface area (Å²) in [4.78, 5) is 25.9. The van der Waals surface area contributed by atoms with Crippen LogP contribution in [0.4, 0.5) is 0 Å². The van der Waals surface area contributed by atoms with Crippen molar-refractivity contribution in [1.82, 2.24) is 15.5 Å². The standard InChI is InChI=1S/C19H25N3O5S/c1-14-6-8-15(9-7-14)28(25,26)17(16-5-4-12-27-16)13-21-19(24)18(23)20-10-11-22(2)3/h4-9,12,17H,10-11,13H2,1-3H3,(H,20,23)(H,21,24). The van der Waals surface area contributed by atoms with Crippen molar-refractivity contribution in [2.45, 2.75) is 17.1 Å². The van der Waals surface area contributed by atoms with Crippen molar-refractivity contribution < 1.29 is 22.4 Å². The number of nitrogens with zero attached hydrogens (tertiary/aromatic N) is 1. The van der Waals surface area contributed by atoms with Crippen LogP contribution in [0.25, 0.3) is 0 Å². The van der Waals surface area contributed by atoms with Gasteiger partial charge in [-0.05, 0) is 45.3 Å². The molecule has 0 aliphatic carbocycles. The van der Waals surface area contributed by atoms with Crippen molar-refractivity contribution in [2.75, 3.05) is 33.7 Å². The minimum atomic E-state index is -3.84. The molecule has 0 spiro atoms. The average molecular weight is 407 g/mol. The van der Waals surface area contributed by atoms with Gasteiger partial charge < -0.3 is 20.0 Å². The van der Waals surface area contributed by atoms with E-state index < -0.39 is 26.9 Å². The summed E-state index contributed by atoms with van der Waals surface area (Å²) in [6.45, 7) is 2.46. The second kappa shape index (κ2) is 9.52. The molecule has 2 rings (SSSR count). The van der Waals surface area contributed by atoms with Crippen LogP contribution in [0.5, 0.6) is 0 Å². The number of benzene rings is 1. The Kier molecular flexibility index (Phi) is 7.36. The first kappa shape index (κ1) is 21.6. The Balaban J connectivity index is 2.11. The minimum absolute atomic E-state index is 0.115. The van der Waals surface area contributed by atoms with E-state index in [2.05, 4.69) is 10.6 Å². The summed E-state index contributed by atoms with van der Waals surface area (Å²) in [5.41, 5.74) is 0.927. The first-order valence-electron chi connectivity index (χ1n) is 8.76. The van der Waals surface area contributed by atoms with E-state index in [0.717, 1.165) is 5.56 Å². The predicted octanol–water partition coefficient (Wildman–Crippen LogP) is 0.897. The van der Waals surface area contributed by atoms with Crippen LogP contribution in [-0.2, 0) is 19.4 Å². The van der Waals surface area contributed by atoms with Gasteiger partial charge in [-0.3, -0.25) is 9.59 Å². The fourth-order valence-corrected chi connectivity index (χ4v) is 4.06. The topological polar surface area (TPSA) is 109 Å². The molecule has 0 saturated heterocycles. The van der Waals surface area contributed by atoms with E-state index in [4.69, 9.17) is 4.42 Å². The summed E-state index contributed by atoms with van der Waals surface area (Å²) in [7, 11) is -0.150. The number of carbonyl (C=O) groups excluding carboxylic acids is 2. The number of rotatable bonds is 8. The zero-order chi connectivity index (χ0) is 20.7. The van der Waals surface area contributed by atoms with Gasteiger partial charge in [0.1, 0.15) is 11.0 Å². The second-order valence-electron chi connectivity index (χ2n) is 6.63. The third-order valence-corrected chi connectivity index (χ3v) is 6.16. The quantitative estimate of drug-likeness (QED) is 0.630. The third kappa shape index (κ3) is 5.67. The van der Waals surface area contributed by atoms with Crippen molar-refractivity contribution >= 4 is 21.7 Å². The van der Waals surface area contributed by atoms with Gasteiger partial charge in [0.25, 0.3) is 0 Å². The molecule has 2 aromatic rings. The Bertz CT molecular complexity index is 890. The number of amides is 2. The summed E-state index contributed by atoms with van der Waals surface area (Å²) in [5.74, 6) is -1.52. The van der Waals surface area contributed by atoms with Crippen LogP contribution in [0.2, 0.25) is 0 Å². The number of hydrogen-bond donors (Lipinski definition) is 2. The smallest absolute Gasteiger partial charge is 0.309 e. The fraction of sp³-hybridized carbons (Fsp3) is 0.368. The van der Waals surface area contributed by atoms with Crippen molar-refractivity contribution in [3.63, 3.8) is 0 Å². The molecule has 1 aromatic heterocycles. The molecule has 152 valence electrons. The van der Waals surface area contributed by atoms with Gasteiger partial charge in [0, 0.05) is 19.6 Å². The molecule has 1 atom stereocenters. The lowest BCUT2D eigenvalue weighted by molar-refractivity contribution is -0.139. The zero-order valence-corrected chi connectivity index (χ0v) is 17.0. The Morgan fingerprint density at radius 3 is 2.29 bits per heavy atom. The molecule has 0 aliphatic rings. The van der Waals surface area contributed by atoms with Crippen molar-refractivity contribution in [3.8, 4) is 0 Å². The van der Waals surface area contributed by atoms with Gasteiger partial charge in [0.05, 0.1) is 11.2 Å². The van der Waals surface area contributed by atoms with Crippen molar-refractivity contribution in [1.29, 1.82) is 0 Å². The summed E-state index contributed by atoms with van der Waals surface area (Å²) in [6.07, 6.45) is 1.36. The normalized spacial score (nSPS) is 12.6. The highest BCUT2D eigenvalue weighted by Crippen LogP contribution is 2.29. The molecular formula is C19H25N3O5S. The van der Waals surface area contributed by atoms with Crippen LogP contribution < -0.4 is 10.6 Å². The monoisotopic (exact) mass is 407 g/mol. The molecule has 1 unspecified atom stereocenters. The molecule has 8 nitrogen and oxygen atoms in total. The maximum atomic E-state index is 13.1. The van der Waals surface area contributed by atoms with Crippen LogP contribution in [0.3, 0.4) is 0 Å². The number of aryl methyl sites for hydroxylation is 1. The SMILES string of the molecule is Cc1ccc(S(=O)(=O)C(CNC(=O)C(=O)NCCN(C)C)c2ccco2)cc1. The fourth-order valence-electron chi connectivity index (χ4n) is 2.47. The first-order valence-corrected chi connectivity index (χ1v) is 10.3. The summed E-state index contributed by atoms with van der Waals surface area (Å²) in [6, 6.07) is 9.51. The van der Waals surface area contributed by atoms with Crippen molar-refractivity contribution in [3.05, 3.63) is 54.0 Å². The summed E-state index contributed by atoms with van der Waals surface area (Å²) < 4.78 is 31.4. The van der Waals surface area contributed by atoms with E-state index in [1.807, 2.05) is 25.9 Å².